The highest BCUT2D eigenvalue weighted by atomic mass is 32.1. The summed E-state index contributed by atoms with van der Waals surface area (Å²) in [5.74, 6) is 1.70. The summed E-state index contributed by atoms with van der Waals surface area (Å²) in [6.45, 7) is 3.56. The van der Waals surface area contributed by atoms with Gasteiger partial charge in [0.1, 0.15) is 0 Å². The third-order valence-corrected chi connectivity index (χ3v) is 5.56. The summed E-state index contributed by atoms with van der Waals surface area (Å²) in [5.41, 5.74) is 1.66. The van der Waals surface area contributed by atoms with Gasteiger partial charge in [-0.05, 0) is 68.0 Å². The molecule has 2 aliphatic rings. The standard InChI is InChI=1S/C16H25NS/c1-12-15(9-10-18-12)16-6-4-2-3-5-13(16)11-17-14-7-8-14/h9-10,13-14,16-17H,2-8,11H2,1H3. The second-order valence-electron chi connectivity index (χ2n) is 6.12. The molecular weight excluding hydrogens is 238 g/mol. The van der Waals surface area contributed by atoms with Gasteiger partial charge < -0.3 is 5.32 Å². The van der Waals surface area contributed by atoms with Crippen LogP contribution in [-0.2, 0) is 0 Å². The first kappa shape index (κ1) is 12.7. The summed E-state index contributed by atoms with van der Waals surface area (Å²) in [7, 11) is 0. The third-order valence-electron chi connectivity index (χ3n) is 4.70. The lowest BCUT2D eigenvalue weighted by atomic mass is 9.82. The van der Waals surface area contributed by atoms with Crippen LogP contribution in [0.5, 0.6) is 0 Å². The molecule has 1 aromatic heterocycles. The van der Waals surface area contributed by atoms with E-state index in [0.29, 0.717) is 0 Å². The largest absolute Gasteiger partial charge is 0.314 e. The Bertz CT molecular complexity index is 380. The quantitative estimate of drug-likeness (QED) is 0.790. The fourth-order valence-electron chi connectivity index (χ4n) is 3.42. The first-order chi connectivity index (χ1) is 8.84. The van der Waals surface area contributed by atoms with Crippen LogP contribution in [0.2, 0.25) is 0 Å². The fraction of sp³-hybridized carbons (Fsp3) is 0.750. The van der Waals surface area contributed by atoms with Crippen molar-refractivity contribution in [1.29, 1.82) is 0 Å². The normalized spacial score (nSPS) is 29.2. The molecule has 0 radical (unpaired) electrons. The second kappa shape index (κ2) is 5.75. The van der Waals surface area contributed by atoms with Crippen LogP contribution in [-0.4, -0.2) is 12.6 Å². The van der Waals surface area contributed by atoms with E-state index < -0.39 is 0 Å². The van der Waals surface area contributed by atoms with E-state index in [9.17, 15) is 0 Å². The number of nitrogens with one attached hydrogen (secondary N) is 1. The van der Waals surface area contributed by atoms with Gasteiger partial charge in [0.25, 0.3) is 0 Å². The Morgan fingerprint density at radius 2 is 2.00 bits per heavy atom. The molecule has 100 valence electrons. The third kappa shape index (κ3) is 2.97. The van der Waals surface area contributed by atoms with E-state index in [0.717, 1.165) is 17.9 Å². The molecule has 0 saturated heterocycles. The Balaban J connectivity index is 1.71. The minimum Gasteiger partial charge on any atom is -0.314 e. The topological polar surface area (TPSA) is 12.0 Å². The number of rotatable bonds is 4. The minimum absolute atomic E-state index is 0.824. The van der Waals surface area contributed by atoms with E-state index in [4.69, 9.17) is 0 Å². The molecule has 0 aliphatic heterocycles. The summed E-state index contributed by atoms with van der Waals surface area (Å²) in [5, 5.41) is 6.05. The van der Waals surface area contributed by atoms with Crippen LogP contribution < -0.4 is 5.32 Å². The molecule has 2 heteroatoms. The van der Waals surface area contributed by atoms with Crippen molar-refractivity contribution in [3.8, 4) is 0 Å². The molecule has 0 amide bonds. The van der Waals surface area contributed by atoms with E-state index in [2.05, 4.69) is 23.7 Å². The average molecular weight is 263 g/mol. The van der Waals surface area contributed by atoms with Crippen molar-refractivity contribution in [3.05, 3.63) is 21.9 Å². The molecule has 2 unspecified atom stereocenters. The number of hydrogen-bond donors (Lipinski definition) is 1. The molecule has 2 saturated carbocycles. The maximum absolute atomic E-state index is 3.77. The molecule has 2 fully saturated rings. The monoisotopic (exact) mass is 263 g/mol. The average Bonchev–Trinajstić information content (AvgIpc) is 3.14. The zero-order valence-electron chi connectivity index (χ0n) is 11.5. The Hall–Kier alpha value is -0.340. The van der Waals surface area contributed by atoms with Gasteiger partial charge in [-0.25, -0.2) is 0 Å². The summed E-state index contributed by atoms with van der Waals surface area (Å²) in [6, 6.07) is 3.25. The Morgan fingerprint density at radius 3 is 2.72 bits per heavy atom. The van der Waals surface area contributed by atoms with E-state index >= 15 is 0 Å². The molecule has 2 aliphatic carbocycles. The predicted octanol–water partition coefficient (Wildman–Crippen LogP) is 4.47. The van der Waals surface area contributed by atoms with Gasteiger partial charge in [-0.3, -0.25) is 0 Å². The van der Waals surface area contributed by atoms with Crippen molar-refractivity contribution in [3.63, 3.8) is 0 Å². The molecule has 0 spiro atoms. The lowest BCUT2D eigenvalue weighted by Crippen LogP contribution is -2.28. The Labute approximate surface area is 115 Å². The van der Waals surface area contributed by atoms with E-state index in [1.807, 2.05) is 11.3 Å². The van der Waals surface area contributed by atoms with Crippen LogP contribution in [0, 0.1) is 12.8 Å². The highest BCUT2D eigenvalue weighted by molar-refractivity contribution is 7.10. The number of thiophene rings is 1. The van der Waals surface area contributed by atoms with Crippen LogP contribution in [0.4, 0.5) is 0 Å². The zero-order chi connectivity index (χ0) is 12.4. The predicted molar refractivity (Wildman–Crippen MR) is 79.4 cm³/mol. The van der Waals surface area contributed by atoms with Gasteiger partial charge in [-0.1, -0.05) is 19.3 Å². The van der Waals surface area contributed by atoms with Crippen LogP contribution >= 0.6 is 11.3 Å². The van der Waals surface area contributed by atoms with Gasteiger partial charge >= 0.3 is 0 Å². The lowest BCUT2D eigenvalue weighted by Gasteiger charge is -2.26. The molecular formula is C16H25NS. The Kier molecular flexibility index (Phi) is 4.05. The SMILES string of the molecule is Cc1sccc1C1CCCCCC1CNC1CC1. The van der Waals surface area contributed by atoms with Gasteiger partial charge in [0.2, 0.25) is 0 Å². The maximum Gasteiger partial charge on any atom is 0.00683 e. The van der Waals surface area contributed by atoms with Crippen molar-refractivity contribution in [1.82, 2.24) is 5.32 Å². The molecule has 18 heavy (non-hydrogen) atoms. The van der Waals surface area contributed by atoms with Gasteiger partial charge in [-0.15, -0.1) is 11.3 Å². The van der Waals surface area contributed by atoms with Gasteiger partial charge in [0.15, 0.2) is 0 Å². The van der Waals surface area contributed by atoms with Crippen molar-refractivity contribution < 1.29 is 0 Å². The van der Waals surface area contributed by atoms with Gasteiger partial charge in [0, 0.05) is 10.9 Å². The second-order valence-corrected chi connectivity index (χ2v) is 7.24. The molecule has 3 rings (SSSR count). The minimum atomic E-state index is 0.824. The summed E-state index contributed by atoms with van der Waals surface area (Å²) in [4.78, 5) is 1.55. The van der Waals surface area contributed by atoms with E-state index in [-0.39, 0.29) is 0 Å². The molecule has 1 aromatic rings. The van der Waals surface area contributed by atoms with E-state index in [1.54, 1.807) is 10.4 Å². The van der Waals surface area contributed by atoms with Crippen LogP contribution in [0.25, 0.3) is 0 Å². The molecule has 1 N–H and O–H groups in total. The molecule has 1 nitrogen and oxygen atoms in total. The van der Waals surface area contributed by atoms with Crippen LogP contribution in [0.1, 0.15) is 61.3 Å². The number of aryl methyl sites for hydroxylation is 1. The summed E-state index contributed by atoms with van der Waals surface area (Å²) in [6.07, 6.45) is 9.98. The van der Waals surface area contributed by atoms with Gasteiger partial charge in [0.05, 0.1) is 0 Å². The van der Waals surface area contributed by atoms with E-state index in [1.165, 1.54) is 51.5 Å². The first-order valence-electron chi connectivity index (χ1n) is 7.62. The fourth-order valence-corrected chi connectivity index (χ4v) is 4.20. The molecule has 0 bridgehead atoms. The molecule has 0 aromatic carbocycles. The van der Waals surface area contributed by atoms with Crippen molar-refractivity contribution >= 4 is 11.3 Å². The summed E-state index contributed by atoms with van der Waals surface area (Å²) < 4.78 is 0. The van der Waals surface area contributed by atoms with Crippen molar-refractivity contribution in [2.75, 3.05) is 6.54 Å². The highest BCUT2D eigenvalue weighted by Crippen LogP contribution is 2.39. The first-order valence-corrected chi connectivity index (χ1v) is 8.50. The maximum atomic E-state index is 3.77. The van der Waals surface area contributed by atoms with Crippen LogP contribution in [0.15, 0.2) is 11.4 Å². The number of hydrogen-bond acceptors (Lipinski definition) is 2. The van der Waals surface area contributed by atoms with Crippen molar-refractivity contribution in [2.24, 2.45) is 5.92 Å². The van der Waals surface area contributed by atoms with Gasteiger partial charge in [-0.2, -0.15) is 0 Å². The smallest absolute Gasteiger partial charge is 0.00683 e. The zero-order valence-corrected chi connectivity index (χ0v) is 12.3. The molecule has 1 heterocycles. The lowest BCUT2D eigenvalue weighted by molar-refractivity contribution is 0.374. The van der Waals surface area contributed by atoms with Crippen LogP contribution in [0.3, 0.4) is 0 Å². The van der Waals surface area contributed by atoms with Crippen molar-refractivity contribution in [2.45, 2.75) is 63.8 Å². The molecule has 2 atom stereocenters. The Morgan fingerprint density at radius 1 is 1.17 bits per heavy atom. The highest BCUT2D eigenvalue weighted by Gasteiger charge is 2.28. The summed E-state index contributed by atoms with van der Waals surface area (Å²) >= 11 is 1.92.